The average molecular weight is 244 g/mol. The van der Waals surface area contributed by atoms with E-state index in [1.165, 1.54) is 12.1 Å². The number of halogens is 1. The van der Waals surface area contributed by atoms with Gasteiger partial charge in [-0.05, 0) is 41.9 Å². The number of rotatable bonds is 5. The number of thiol groups is 1. The summed E-state index contributed by atoms with van der Waals surface area (Å²) < 4.78 is 12.7. The molecular weight excluding hydrogens is 227 g/mol. The minimum Gasteiger partial charge on any atom is -0.207 e. The maximum absolute atomic E-state index is 12.7. The van der Waals surface area contributed by atoms with Crippen LogP contribution >= 0.6 is 24.4 Å². The molecule has 0 spiro atoms. The Bertz CT molecular complexity index is 282. The van der Waals surface area contributed by atoms with Gasteiger partial charge in [-0.1, -0.05) is 13.8 Å². The third-order valence-corrected chi connectivity index (χ3v) is 4.12. The van der Waals surface area contributed by atoms with Gasteiger partial charge in [0.15, 0.2) is 0 Å². The number of thioether (sulfide) groups is 1. The molecule has 1 aromatic rings. The highest BCUT2D eigenvalue weighted by Crippen LogP contribution is 2.25. The standard InChI is InChI=1S/C12H17FS2/c1-9(2)10(7-14)8-15-12-5-3-11(13)4-6-12/h3-6,9-10,14H,7-8H2,1-2H3. The highest BCUT2D eigenvalue weighted by Gasteiger charge is 2.11. The Kier molecular flexibility index (Phi) is 5.54. The first-order valence-electron chi connectivity index (χ1n) is 5.12. The summed E-state index contributed by atoms with van der Waals surface area (Å²) in [5.74, 6) is 3.05. The van der Waals surface area contributed by atoms with Gasteiger partial charge in [0.25, 0.3) is 0 Å². The van der Waals surface area contributed by atoms with Crippen LogP contribution in [0.1, 0.15) is 13.8 Å². The van der Waals surface area contributed by atoms with Crippen molar-refractivity contribution in [1.29, 1.82) is 0 Å². The molecule has 0 fully saturated rings. The minimum absolute atomic E-state index is 0.172. The average Bonchev–Trinajstić information content (AvgIpc) is 2.21. The van der Waals surface area contributed by atoms with E-state index in [4.69, 9.17) is 0 Å². The highest BCUT2D eigenvalue weighted by molar-refractivity contribution is 7.99. The predicted molar refractivity (Wildman–Crippen MR) is 69.3 cm³/mol. The van der Waals surface area contributed by atoms with Crippen LogP contribution in [0.15, 0.2) is 29.2 Å². The Hall–Kier alpha value is -0.150. The van der Waals surface area contributed by atoms with Gasteiger partial charge in [0.1, 0.15) is 5.82 Å². The molecule has 0 amide bonds. The number of hydrogen-bond acceptors (Lipinski definition) is 2. The SMILES string of the molecule is CC(C)C(CS)CSc1ccc(F)cc1. The third-order valence-electron chi connectivity index (χ3n) is 2.46. The van der Waals surface area contributed by atoms with Gasteiger partial charge >= 0.3 is 0 Å². The van der Waals surface area contributed by atoms with Gasteiger partial charge in [-0.15, -0.1) is 11.8 Å². The van der Waals surface area contributed by atoms with Crippen LogP contribution in [-0.4, -0.2) is 11.5 Å². The van der Waals surface area contributed by atoms with Crippen molar-refractivity contribution in [2.45, 2.75) is 18.7 Å². The van der Waals surface area contributed by atoms with Crippen LogP contribution in [0.5, 0.6) is 0 Å². The Labute approximate surface area is 101 Å². The van der Waals surface area contributed by atoms with Gasteiger partial charge in [0.2, 0.25) is 0 Å². The maximum atomic E-state index is 12.7. The molecule has 0 aromatic heterocycles. The quantitative estimate of drug-likeness (QED) is 0.600. The Morgan fingerprint density at radius 1 is 1.27 bits per heavy atom. The van der Waals surface area contributed by atoms with Crippen molar-refractivity contribution in [1.82, 2.24) is 0 Å². The Morgan fingerprint density at radius 3 is 2.33 bits per heavy atom. The molecule has 15 heavy (non-hydrogen) atoms. The molecule has 1 atom stereocenters. The van der Waals surface area contributed by atoms with E-state index in [-0.39, 0.29) is 5.82 Å². The molecule has 3 heteroatoms. The molecule has 0 N–H and O–H groups in total. The molecule has 0 aliphatic rings. The van der Waals surface area contributed by atoms with Crippen LogP contribution in [0.3, 0.4) is 0 Å². The molecule has 1 unspecified atom stereocenters. The van der Waals surface area contributed by atoms with Crippen LogP contribution in [-0.2, 0) is 0 Å². The zero-order valence-corrected chi connectivity index (χ0v) is 10.8. The molecule has 0 nitrogen and oxygen atoms in total. The smallest absolute Gasteiger partial charge is 0.123 e. The van der Waals surface area contributed by atoms with Gasteiger partial charge < -0.3 is 0 Å². The second-order valence-corrected chi connectivity index (χ2v) is 5.41. The fraction of sp³-hybridized carbons (Fsp3) is 0.500. The van der Waals surface area contributed by atoms with E-state index in [0.717, 1.165) is 16.4 Å². The van der Waals surface area contributed by atoms with E-state index in [2.05, 4.69) is 26.5 Å². The van der Waals surface area contributed by atoms with Crippen LogP contribution in [0.4, 0.5) is 4.39 Å². The second kappa shape index (κ2) is 6.44. The molecule has 0 radical (unpaired) electrons. The zero-order chi connectivity index (χ0) is 11.3. The molecule has 84 valence electrons. The number of hydrogen-bond donors (Lipinski definition) is 1. The van der Waals surface area contributed by atoms with Gasteiger partial charge in [0.05, 0.1) is 0 Å². The van der Waals surface area contributed by atoms with Crippen molar-refractivity contribution in [3.63, 3.8) is 0 Å². The molecule has 0 heterocycles. The lowest BCUT2D eigenvalue weighted by molar-refractivity contribution is 0.473. The summed E-state index contributed by atoms with van der Waals surface area (Å²) in [5.41, 5.74) is 0. The second-order valence-electron chi connectivity index (χ2n) is 3.95. The lowest BCUT2D eigenvalue weighted by Crippen LogP contribution is -2.13. The fourth-order valence-electron chi connectivity index (χ4n) is 1.19. The molecule has 0 aliphatic heterocycles. The van der Waals surface area contributed by atoms with Crippen molar-refractivity contribution < 1.29 is 4.39 Å². The summed E-state index contributed by atoms with van der Waals surface area (Å²) in [6.07, 6.45) is 0. The predicted octanol–water partition coefficient (Wildman–Crippen LogP) is 4.12. The molecule has 0 saturated carbocycles. The maximum Gasteiger partial charge on any atom is 0.123 e. The largest absolute Gasteiger partial charge is 0.207 e. The lowest BCUT2D eigenvalue weighted by atomic mass is 10.0. The Morgan fingerprint density at radius 2 is 1.87 bits per heavy atom. The molecule has 0 aliphatic carbocycles. The third kappa shape index (κ3) is 4.47. The normalized spacial score (nSPS) is 13.1. The topological polar surface area (TPSA) is 0 Å². The van der Waals surface area contributed by atoms with Gasteiger partial charge in [0, 0.05) is 10.6 Å². The summed E-state index contributed by atoms with van der Waals surface area (Å²) in [6, 6.07) is 6.67. The van der Waals surface area contributed by atoms with E-state index < -0.39 is 0 Å². The number of benzene rings is 1. The highest BCUT2D eigenvalue weighted by atomic mass is 32.2. The Balaban J connectivity index is 2.45. The van der Waals surface area contributed by atoms with Crippen molar-refractivity contribution in [2.75, 3.05) is 11.5 Å². The van der Waals surface area contributed by atoms with Gasteiger partial charge in [-0.3, -0.25) is 0 Å². The monoisotopic (exact) mass is 244 g/mol. The van der Waals surface area contributed by atoms with Crippen molar-refractivity contribution >= 4 is 24.4 Å². The van der Waals surface area contributed by atoms with Crippen LogP contribution in [0.25, 0.3) is 0 Å². The first-order chi connectivity index (χ1) is 7.13. The van der Waals surface area contributed by atoms with Crippen LogP contribution < -0.4 is 0 Å². The van der Waals surface area contributed by atoms with E-state index in [1.807, 2.05) is 12.1 Å². The summed E-state index contributed by atoms with van der Waals surface area (Å²) in [6.45, 7) is 4.43. The molecule has 1 rings (SSSR count). The lowest BCUT2D eigenvalue weighted by Gasteiger charge is -2.17. The summed E-state index contributed by atoms with van der Waals surface area (Å²) >= 11 is 6.12. The van der Waals surface area contributed by atoms with Crippen molar-refractivity contribution in [3.8, 4) is 0 Å². The molecule has 0 bridgehead atoms. The van der Waals surface area contributed by atoms with Crippen molar-refractivity contribution in [3.05, 3.63) is 30.1 Å². The first-order valence-corrected chi connectivity index (χ1v) is 6.74. The van der Waals surface area contributed by atoms with Crippen molar-refractivity contribution in [2.24, 2.45) is 11.8 Å². The van der Waals surface area contributed by atoms with E-state index in [0.29, 0.717) is 11.8 Å². The summed E-state index contributed by atoms with van der Waals surface area (Å²) in [5, 5.41) is 0. The van der Waals surface area contributed by atoms with E-state index in [1.54, 1.807) is 11.8 Å². The summed E-state index contributed by atoms with van der Waals surface area (Å²) in [4.78, 5) is 1.13. The zero-order valence-electron chi connectivity index (χ0n) is 9.11. The van der Waals surface area contributed by atoms with Gasteiger partial charge in [-0.25, -0.2) is 4.39 Å². The van der Waals surface area contributed by atoms with Crippen LogP contribution in [0.2, 0.25) is 0 Å². The van der Waals surface area contributed by atoms with E-state index in [9.17, 15) is 4.39 Å². The first kappa shape index (κ1) is 12.9. The minimum atomic E-state index is -0.172. The summed E-state index contributed by atoms with van der Waals surface area (Å²) in [7, 11) is 0. The molecule has 1 aromatic carbocycles. The molecule has 0 saturated heterocycles. The van der Waals surface area contributed by atoms with Crippen LogP contribution in [0, 0.1) is 17.7 Å². The fourth-order valence-corrected chi connectivity index (χ4v) is 3.15. The van der Waals surface area contributed by atoms with E-state index >= 15 is 0 Å². The van der Waals surface area contributed by atoms with Gasteiger partial charge in [-0.2, -0.15) is 12.6 Å². The molecular formula is C12H17FS2.